The Kier molecular flexibility index (Phi) is 4.63. The van der Waals surface area contributed by atoms with Gasteiger partial charge in [-0.2, -0.15) is 5.10 Å². The number of nitrogens with two attached hydrogens (primary N) is 2. The number of nitrogens with one attached hydrogen (secondary N) is 2. The number of fused-ring (bicyclic) bond motifs is 2. The fraction of sp³-hybridized carbons (Fsp3) is 0.263. The summed E-state index contributed by atoms with van der Waals surface area (Å²) in [6.45, 7) is 2.50. The number of anilines is 1. The van der Waals surface area contributed by atoms with Crippen LogP contribution in [0.3, 0.4) is 0 Å². The largest absolute Gasteiger partial charge is 0.506 e. The molecule has 2 heterocycles. The van der Waals surface area contributed by atoms with Gasteiger partial charge >= 0.3 is 0 Å². The maximum absolute atomic E-state index is 12.5. The van der Waals surface area contributed by atoms with Crippen molar-refractivity contribution in [3.05, 3.63) is 40.2 Å². The second-order valence-electron chi connectivity index (χ2n) is 6.58. The lowest BCUT2D eigenvalue weighted by atomic mass is 10.0. The zero-order valence-electron chi connectivity index (χ0n) is 15.2. The van der Waals surface area contributed by atoms with Crippen molar-refractivity contribution in [1.29, 1.82) is 0 Å². The zero-order chi connectivity index (χ0) is 19.8. The molecule has 0 radical (unpaired) electrons. The van der Waals surface area contributed by atoms with E-state index in [1.165, 1.54) is 16.6 Å². The summed E-state index contributed by atoms with van der Waals surface area (Å²) in [5.41, 5.74) is 12.9. The summed E-state index contributed by atoms with van der Waals surface area (Å²) in [7, 11) is 0. The quantitative estimate of drug-likeness (QED) is 0.197. The van der Waals surface area contributed by atoms with Crippen LogP contribution in [0, 0.1) is 0 Å². The number of aromatic hydroxyl groups is 2. The number of benzene rings is 2. The van der Waals surface area contributed by atoms with Crippen molar-refractivity contribution < 1.29 is 10.2 Å². The van der Waals surface area contributed by atoms with Gasteiger partial charge in [0.1, 0.15) is 17.0 Å². The number of hydrogen-bond donors (Lipinski definition) is 6. The van der Waals surface area contributed by atoms with Crippen LogP contribution < -0.4 is 27.5 Å². The normalized spacial score (nSPS) is 11.8. The Balaban J connectivity index is 2.12. The van der Waals surface area contributed by atoms with Crippen LogP contribution in [0.4, 0.5) is 5.69 Å². The van der Waals surface area contributed by atoms with Crippen molar-refractivity contribution in [2.45, 2.75) is 6.54 Å². The van der Waals surface area contributed by atoms with Crippen molar-refractivity contribution in [2.24, 2.45) is 11.5 Å². The smallest absolute Gasteiger partial charge is 0.192 e. The summed E-state index contributed by atoms with van der Waals surface area (Å²) >= 11 is 0. The number of phenolic OH excluding ortho intramolecular Hbond substituents is 1. The van der Waals surface area contributed by atoms with E-state index in [2.05, 4.69) is 15.7 Å². The van der Waals surface area contributed by atoms with E-state index < -0.39 is 5.43 Å². The maximum atomic E-state index is 12.5. The van der Waals surface area contributed by atoms with Crippen LogP contribution in [-0.4, -0.2) is 46.0 Å². The molecule has 0 spiro atoms. The lowest BCUT2D eigenvalue weighted by Gasteiger charge is -2.13. The van der Waals surface area contributed by atoms with E-state index in [1.54, 1.807) is 0 Å². The van der Waals surface area contributed by atoms with Crippen LogP contribution >= 0.6 is 0 Å². The molecular formula is C19H22N6O3. The first kappa shape index (κ1) is 18.2. The van der Waals surface area contributed by atoms with E-state index >= 15 is 0 Å². The molecule has 2 aromatic carbocycles. The summed E-state index contributed by atoms with van der Waals surface area (Å²) in [4.78, 5) is 12.5. The van der Waals surface area contributed by atoms with Crippen LogP contribution in [0.25, 0.3) is 27.2 Å². The standard InChI is InChI=1S/C19H22N6O3/c20-5-7-22-9-12-10-1-2-11(23-8-6-21)15-17(10)25(24-12)18-14(27)4-3-13(26)16(18)19(15)28/h1-4,22-23,27-28H,5-9,20-21H2. The van der Waals surface area contributed by atoms with E-state index in [0.717, 1.165) is 11.1 Å². The fourth-order valence-electron chi connectivity index (χ4n) is 3.59. The molecule has 28 heavy (non-hydrogen) atoms. The van der Waals surface area contributed by atoms with Gasteiger partial charge in [0.2, 0.25) is 0 Å². The van der Waals surface area contributed by atoms with Gasteiger partial charge in [-0.05, 0) is 24.3 Å². The van der Waals surface area contributed by atoms with Crippen LogP contribution in [-0.2, 0) is 6.54 Å². The van der Waals surface area contributed by atoms with Gasteiger partial charge < -0.3 is 32.3 Å². The highest BCUT2D eigenvalue weighted by atomic mass is 16.3. The first-order valence-electron chi connectivity index (χ1n) is 9.07. The van der Waals surface area contributed by atoms with E-state index in [9.17, 15) is 15.0 Å². The number of nitrogens with zero attached hydrogens (tertiary/aromatic N) is 2. The van der Waals surface area contributed by atoms with E-state index in [4.69, 9.17) is 11.5 Å². The second-order valence-corrected chi connectivity index (χ2v) is 6.58. The molecule has 2 aromatic heterocycles. The second kappa shape index (κ2) is 7.12. The number of phenols is 1. The van der Waals surface area contributed by atoms with Gasteiger partial charge in [0.05, 0.1) is 22.0 Å². The van der Waals surface area contributed by atoms with Gasteiger partial charge in [-0.3, -0.25) is 4.79 Å². The Hall–Kier alpha value is -3.14. The van der Waals surface area contributed by atoms with Gasteiger partial charge in [-0.25, -0.2) is 4.52 Å². The number of pyridine rings is 1. The highest BCUT2D eigenvalue weighted by Gasteiger charge is 2.23. The third-order valence-corrected chi connectivity index (χ3v) is 4.80. The zero-order valence-corrected chi connectivity index (χ0v) is 15.2. The maximum Gasteiger partial charge on any atom is 0.192 e. The topological polar surface area (TPSA) is 151 Å². The Bertz CT molecular complexity index is 1220. The predicted octanol–water partition coefficient (Wildman–Crippen LogP) is 0.269. The monoisotopic (exact) mass is 382 g/mol. The first-order chi connectivity index (χ1) is 13.6. The molecule has 0 unspecified atom stereocenters. The minimum atomic E-state index is -0.393. The molecule has 9 heteroatoms. The number of rotatable bonds is 7. The SMILES string of the molecule is NCCNCc1nn2c3c(O)ccc(=O)c3c(O)c3c(NCCN)ccc1c32. The van der Waals surface area contributed by atoms with Crippen molar-refractivity contribution in [3.63, 3.8) is 0 Å². The highest BCUT2D eigenvalue weighted by Crippen LogP contribution is 2.41. The Morgan fingerprint density at radius 2 is 1.79 bits per heavy atom. The Labute approximate surface area is 159 Å². The molecule has 4 aromatic rings. The molecule has 146 valence electrons. The highest BCUT2D eigenvalue weighted by molar-refractivity contribution is 6.14. The summed E-state index contributed by atoms with van der Waals surface area (Å²) in [5.74, 6) is -0.312. The third-order valence-electron chi connectivity index (χ3n) is 4.80. The van der Waals surface area contributed by atoms with E-state index in [1.807, 2.05) is 12.1 Å². The molecule has 0 aliphatic rings. The number of hydrogen-bond acceptors (Lipinski definition) is 8. The average Bonchev–Trinajstić information content (AvgIpc) is 3.05. The van der Waals surface area contributed by atoms with Crippen molar-refractivity contribution in [3.8, 4) is 11.5 Å². The van der Waals surface area contributed by atoms with Gasteiger partial charge in [0, 0.05) is 43.8 Å². The van der Waals surface area contributed by atoms with Crippen LogP contribution in [0.5, 0.6) is 11.5 Å². The van der Waals surface area contributed by atoms with Gasteiger partial charge in [-0.1, -0.05) is 0 Å². The molecule has 9 nitrogen and oxygen atoms in total. The van der Waals surface area contributed by atoms with Crippen molar-refractivity contribution >= 4 is 32.9 Å². The van der Waals surface area contributed by atoms with Crippen LogP contribution in [0.15, 0.2) is 29.1 Å². The van der Waals surface area contributed by atoms with Gasteiger partial charge in [-0.15, -0.1) is 0 Å². The third kappa shape index (κ3) is 2.68. The predicted molar refractivity (Wildman–Crippen MR) is 109 cm³/mol. The lowest BCUT2D eigenvalue weighted by Crippen LogP contribution is -2.22. The molecule has 0 atom stereocenters. The average molecular weight is 382 g/mol. The molecule has 0 saturated carbocycles. The molecular weight excluding hydrogens is 360 g/mol. The summed E-state index contributed by atoms with van der Waals surface area (Å²) < 4.78 is 1.53. The Morgan fingerprint density at radius 3 is 2.54 bits per heavy atom. The first-order valence-corrected chi connectivity index (χ1v) is 9.07. The molecule has 0 amide bonds. The van der Waals surface area contributed by atoms with Gasteiger partial charge in [0.15, 0.2) is 5.43 Å². The molecule has 4 rings (SSSR count). The Morgan fingerprint density at radius 1 is 1.00 bits per heavy atom. The minimum absolute atomic E-state index is 0.0281. The minimum Gasteiger partial charge on any atom is -0.506 e. The molecule has 0 saturated heterocycles. The van der Waals surface area contributed by atoms with Crippen molar-refractivity contribution in [2.75, 3.05) is 31.5 Å². The van der Waals surface area contributed by atoms with Crippen LogP contribution in [0.1, 0.15) is 5.69 Å². The summed E-state index contributed by atoms with van der Waals surface area (Å²) in [6.07, 6.45) is 0. The lowest BCUT2D eigenvalue weighted by molar-refractivity contribution is 0.475. The molecule has 0 fully saturated rings. The molecule has 0 bridgehead atoms. The van der Waals surface area contributed by atoms with Crippen LogP contribution in [0.2, 0.25) is 0 Å². The molecule has 8 N–H and O–H groups in total. The molecule has 0 aliphatic heterocycles. The fourth-order valence-corrected chi connectivity index (χ4v) is 3.59. The van der Waals surface area contributed by atoms with E-state index in [0.29, 0.717) is 49.3 Å². The molecule has 0 aliphatic carbocycles. The number of aromatic nitrogens is 2. The summed E-state index contributed by atoms with van der Waals surface area (Å²) in [6, 6.07) is 6.28. The van der Waals surface area contributed by atoms with Crippen molar-refractivity contribution in [1.82, 2.24) is 14.9 Å². The van der Waals surface area contributed by atoms with Gasteiger partial charge in [0.25, 0.3) is 0 Å². The van der Waals surface area contributed by atoms with E-state index in [-0.39, 0.29) is 22.4 Å². The summed E-state index contributed by atoms with van der Waals surface area (Å²) in [5, 5.41) is 33.7.